The van der Waals surface area contributed by atoms with Crippen LogP contribution in [-0.2, 0) is 6.42 Å². The highest BCUT2D eigenvalue weighted by Gasteiger charge is 2.29. The van der Waals surface area contributed by atoms with Gasteiger partial charge in [0.05, 0.1) is 6.04 Å². The summed E-state index contributed by atoms with van der Waals surface area (Å²) in [7, 11) is 0. The molecular weight excluding hydrogens is 294 g/mol. The van der Waals surface area contributed by atoms with Crippen LogP contribution in [0.4, 0.5) is 0 Å². The quantitative estimate of drug-likeness (QED) is 0.737. The number of hydrogen-bond donors (Lipinski definition) is 0. The van der Waals surface area contributed by atoms with Crippen molar-refractivity contribution >= 4 is 28.3 Å². The summed E-state index contributed by atoms with van der Waals surface area (Å²) in [5.41, 5.74) is 2.79. The molecule has 0 saturated carbocycles. The molecule has 1 saturated heterocycles. The minimum Gasteiger partial charge on any atom is -0.350 e. The van der Waals surface area contributed by atoms with Crippen molar-refractivity contribution in [1.29, 1.82) is 0 Å². The van der Waals surface area contributed by atoms with Crippen LogP contribution in [0.2, 0.25) is 0 Å². The van der Waals surface area contributed by atoms with Crippen LogP contribution in [0.1, 0.15) is 23.6 Å². The zero-order chi connectivity index (χ0) is 14.5. The Morgan fingerprint density at radius 3 is 2.38 bits per heavy atom. The topological polar surface area (TPSA) is 3.24 Å². The first-order valence-corrected chi connectivity index (χ1v) is 8.76. The maximum Gasteiger partial charge on any atom is 0.137 e. The Morgan fingerprint density at radius 2 is 1.67 bits per heavy atom. The molecule has 3 heteroatoms. The predicted octanol–water partition coefficient (Wildman–Crippen LogP) is 4.69. The van der Waals surface area contributed by atoms with Gasteiger partial charge in [0, 0.05) is 12.3 Å². The van der Waals surface area contributed by atoms with E-state index in [-0.39, 0.29) is 0 Å². The van der Waals surface area contributed by atoms with Crippen LogP contribution in [0.3, 0.4) is 0 Å². The first-order valence-electron chi connectivity index (χ1n) is 7.37. The smallest absolute Gasteiger partial charge is 0.137 e. The van der Waals surface area contributed by atoms with Gasteiger partial charge >= 0.3 is 0 Å². The highest BCUT2D eigenvalue weighted by atomic mass is 32.2. The van der Waals surface area contributed by atoms with Crippen molar-refractivity contribution in [3.05, 3.63) is 71.8 Å². The van der Waals surface area contributed by atoms with Crippen molar-refractivity contribution in [2.75, 3.05) is 12.3 Å². The van der Waals surface area contributed by atoms with E-state index in [2.05, 4.69) is 65.6 Å². The van der Waals surface area contributed by atoms with Crippen molar-refractivity contribution in [3.8, 4) is 0 Å². The molecule has 0 aromatic heterocycles. The van der Waals surface area contributed by atoms with Gasteiger partial charge in [0.2, 0.25) is 0 Å². The van der Waals surface area contributed by atoms with Crippen LogP contribution < -0.4 is 0 Å². The van der Waals surface area contributed by atoms with Gasteiger partial charge < -0.3 is 4.90 Å². The highest BCUT2D eigenvalue weighted by Crippen LogP contribution is 2.35. The lowest BCUT2D eigenvalue weighted by Gasteiger charge is -2.26. The molecule has 21 heavy (non-hydrogen) atoms. The Bertz CT molecular complexity index is 583. The van der Waals surface area contributed by atoms with Crippen molar-refractivity contribution in [2.24, 2.45) is 0 Å². The molecule has 2 aromatic carbocycles. The summed E-state index contributed by atoms with van der Waals surface area (Å²) in [5, 5.41) is 0. The fraction of sp³-hybridized carbons (Fsp3) is 0.278. The Hall–Kier alpha value is -1.32. The lowest BCUT2D eigenvalue weighted by Crippen LogP contribution is -2.28. The third kappa shape index (κ3) is 3.66. The lowest BCUT2D eigenvalue weighted by atomic mass is 10.1. The van der Waals surface area contributed by atoms with E-state index in [1.807, 2.05) is 11.8 Å². The molecule has 108 valence electrons. The molecule has 3 rings (SSSR count). The maximum atomic E-state index is 5.54. The molecule has 1 nitrogen and oxygen atoms in total. The molecule has 1 aliphatic rings. The Kier molecular flexibility index (Phi) is 4.94. The molecular formula is C18H19NS2. The number of thiocarbonyl (C=S) groups is 1. The number of aryl methyl sites for hydroxylation is 1. The fourth-order valence-corrected chi connectivity index (χ4v) is 4.23. The van der Waals surface area contributed by atoms with Crippen LogP contribution in [0.25, 0.3) is 0 Å². The fourth-order valence-electron chi connectivity index (χ4n) is 2.75. The molecule has 0 amide bonds. The first-order chi connectivity index (χ1) is 10.3. The van der Waals surface area contributed by atoms with E-state index in [0.717, 1.165) is 29.5 Å². The van der Waals surface area contributed by atoms with E-state index < -0.39 is 0 Å². The zero-order valence-corrected chi connectivity index (χ0v) is 13.6. The van der Waals surface area contributed by atoms with E-state index in [0.29, 0.717) is 6.04 Å². The minimum absolute atomic E-state index is 0.444. The van der Waals surface area contributed by atoms with Crippen LogP contribution in [-0.4, -0.2) is 21.5 Å². The lowest BCUT2D eigenvalue weighted by molar-refractivity contribution is 0.357. The van der Waals surface area contributed by atoms with E-state index in [1.165, 1.54) is 11.1 Å². The minimum atomic E-state index is 0.444. The second-order valence-corrected chi connectivity index (χ2v) is 6.94. The van der Waals surface area contributed by atoms with Gasteiger partial charge in [-0.15, -0.1) is 0 Å². The third-order valence-electron chi connectivity index (χ3n) is 3.87. The monoisotopic (exact) mass is 313 g/mol. The number of benzene rings is 2. The van der Waals surface area contributed by atoms with Crippen LogP contribution in [0.5, 0.6) is 0 Å². The number of nitrogens with zero attached hydrogens (tertiary/aromatic N) is 1. The van der Waals surface area contributed by atoms with Crippen LogP contribution in [0, 0.1) is 0 Å². The highest BCUT2D eigenvalue weighted by molar-refractivity contribution is 8.23. The Morgan fingerprint density at radius 1 is 1.00 bits per heavy atom. The summed E-state index contributed by atoms with van der Waals surface area (Å²) >= 11 is 7.35. The van der Waals surface area contributed by atoms with E-state index in [9.17, 15) is 0 Å². The molecule has 1 atom stereocenters. The van der Waals surface area contributed by atoms with Gasteiger partial charge in [0.15, 0.2) is 0 Å². The molecule has 1 aliphatic heterocycles. The number of rotatable bonds is 5. The predicted molar refractivity (Wildman–Crippen MR) is 95.7 cm³/mol. The van der Waals surface area contributed by atoms with Gasteiger partial charge in [0.25, 0.3) is 0 Å². The van der Waals surface area contributed by atoms with E-state index in [1.54, 1.807) is 0 Å². The van der Waals surface area contributed by atoms with Gasteiger partial charge in [-0.05, 0) is 24.0 Å². The van der Waals surface area contributed by atoms with Crippen molar-refractivity contribution in [2.45, 2.75) is 18.9 Å². The molecule has 0 bridgehead atoms. The molecule has 0 aliphatic carbocycles. The molecule has 0 radical (unpaired) electrons. The van der Waals surface area contributed by atoms with Crippen LogP contribution in [0.15, 0.2) is 60.7 Å². The summed E-state index contributed by atoms with van der Waals surface area (Å²) in [6.45, 7) is 1.04. The van der Waals surface area contributed by atoms with E-state index >= 15 is 0 Å². The van der Waals surface area contributed by atoms with Gasteiger partial charge in [-0.25, -0.2) is 0 Å². The SMILES string of the molecule is S=C1SCC(c2ccccc2)N1CCCc1ccccc1. The molecule has 1 fully saturated rings. The zero-order valence-electron chi connectivity index (χ0n) is 11.9. The second kappa shape index (κ2) is 7.10. The largest absolute Gasteiger partial charge is 0.350 e. The Balaban J connectivity index is 1.61. The van der Waals surface area contributed by atoms with Crippen LogP contribution >= 0.6 is 24.0 Å². The first kappa shape index (κ1) is 14.6. The van der Waals surface area contributed by atoms with Gasteiger partial charge in [-0.1, -0.05) is 84.6 Å². The van der Waals surface area contributed by atoms with Crippen molar-refractivity contribution in [3.63, 3.8) is 0 Å². The van der Waals surface area contributed by atoms with E-state index in [4.69, 9.17) is 12.2 Å². The second-order valence-electron chi connectivity index (χ2n) is 5.29. The summed E-state index contributed by atoms with van der Waals surface area (Å²) < 4.78 is 1.05. The van der Waals surface area contributed by atoms with Gasteiger partial charge in [0.1, 0.15) is 4.32 Å². The normalized spacial score (nSPS) is 18.2. The molecule has 0 N–H and O–H groups in total. The molecule has 1 heterocycles. The average molecular weight is 313 g/mol. The number of hydrogen-bond acceptors (Lipinski definition) is 2. The molecule has 2 aromatic rings. The third-order valence-corrected chi connectivity index (χ3v) is 5.42. The number of thioether (sulfide) groups is 1. The molecule has 1 unspecified atom stereocenters. The van der Waals surface area contributed by atoms with Gasteiger partial charge in [-0.3, -0.25) is 0 Å². The molecule has 0 spiro atoms. The summed E-state index contributed by atoms with van der Waals surface area (Å²) in [4.78, 5) is 2.40. The summed E-state index contributed by atoms with van der Waals surface area (Å²) in [5.74, 6) is 1.08. The average Bonchev–Trinajstić information content (AvgIpc) is 2.91. The summed E-state index contributed by atoms with van der Waals surface area (Å²) in [6, 6.07) is 21.9. The Labute approximate surface area is 136 Å². The maximum absolute atomic E-state index is 5.54. The van der Waals surface area contributed by atoms with Crippen molar-refractivity contribution in [1.82, 2.24) is 4.90 Å². The van der Waals surface area contributed by atoms with Gasteiger partial charge in [-0.2, -0.15) is 0 Å². The summed E-state index contributed by atoms with van der Waals surface area (Å²) in [6.07, 6.45) is 2.26. The standard InChI is InChI=1S/C18H19NS2/c20-18-19(13-7-10-15-8-3-1-4-9-15)17(14-21-18)16-11-5-2-6-12-16/h1-6,8-9,11-12,17H,7,10,13-14H2. The van der Waals surface area contributed by atoms with Crippen molar-refractivity contribution < 1.29 is 0 Å².